The van der Waals surface area contributed by atoms with E-state index in [1.54, 1.807) is 12.1 Å². The number of likely N-dealkylation sites (N-methyl/N-ethyl adjacent to an activating group) is 1. The van der Waals surface area contributed by atoms with Gasteiger partial charge in [-0.1, -0.05) is 19.1 Å². The van der Waals surface area contributed by atoms with Crippen molar-refractivity contribution < 1.29 is 10.0 Å². The molecule has 0 bridgehead atoms. The second-order valence-corrected chi connectivity index (χ2v) is 6.22. The number of rotatable bonds is 5. The van der Waals surface area contributed by atoms with Crippen LogP contribution in [-0.4, -0.2) is 34.6 Å². The molecule has 1 aliphatic rings. The Morgan fingerprint density at radius 3 is 2.67 bits per heavy atom. The van der Waals surface area contributed by atoms with Crippen LogP contribution in [-0.2, 0) is 0 Å². The molecule has 1 N–H and O–H groups in total. The van der Waals surface area contributed by atoms with E-state index in [-0.39, 0.29) is 5.69 Å². The third-order valence-corrected chi connectivity index (χ3v) is 4.54. The Kier molecular flexibility index (Phi) is 5.31. The van der Waals surface area contributed by atoms with Crippen molar-refractivity contribution in [3.8, 4) is 0 Å². The number of aliphatic hydroxyl groups excluding tert-OH is 1. The van der Waals surface area contributed by atoms with E-state index in [0.29, 0.717) is 18.2 Å². The second kappa shape index (κ2) is 7.00. The largest absolute Gasteiger partial charge is 0.387 e. The molecule has 0 amide bonds. The molecule has 0 spiro atoms. The molecule has 2 rings (SSSR count). The van der Waals surface area contributed by atoms with Gasteiger partial charge >= 0.3 is 0 Å². The normalized spacial score (nSPS) is 24.0. The summed E-state index contributed by atoms with van der Waals surface area (Å²) >= 11 is 0. The zero-order chi connectivity index (χ0) is 15.4. The van der Waals surface area contributed by atoms with E-state index in [2.05, 4.69) is 11.8 Å². The highest BCUT2D eigenvalue weighted by Gasteiger charge is 2.23. The third kappa shape index (κ3) is 4.25. The predicted molar refractivity (Wildman–Crippen MR) is 82.1 cm³/mol. The lowest BCUT2D eigenvalue weighted by atomic mass is 9.86. The Hall–Kier alpha value is -1.46. The molecular weight excluding hydrogens is 268 g/mol. The molecule has 5 nitrogen and oxygen atoms in total. The number of hydrogen-bond donors (Lipinski definition) is 1. The van der Waals surface area contributed by atoms with E-state index in [4.69, 9.17) is 0 Å². The summed E-state index contributed by atoms with van der Waals surface area (Å²) in [6.45, 7) is 2.80. The molecule has 0 aliphatic heterocycles. The fraction of sp³-hybridized carbons (Fsp3) is 0.625. The summed E-state index contributed by atoms with van der Waals surface area (Å²) in [5, 5.41) is 21.1. The molecule has 5 heteroatoms. The SMILES string of the molecule is CC1CCC(N(C)CC(O)c2cccc([N+](=O)[O-])c2)CC1. The third-order valence-electron chi connectivity index (χ3n) is 4.54. The predicted octanol–water partition coefficient (Wildman–Crippen LogP) is 3.14. The minimum atomic E-state index is -0.686. The summed E-state index contributed by atoms with van der Waals surface area (Å²) in [4.78, 5) is 12.6. The van der Waals surface area contributed by atoms with Gasteiger partial charge in [-0.3, -0.25) is 10.1 Å². The van der Waals surface area contributed by atoms with E-state index in [1.807, 2.05) is 7.05 Å². The number of hydrogen-bond acceptors (Lipinski definition) is 4. The van der Waals surface area contributed by atoms with Crippen molar-refractivity contribution in [1.82, 2.24) is 4.90 Å². The first-order chi connectivity index (χ1) is 9.97. The lowest BCUT2D eigenvalue weighted by Crippen LogP contribution is -2.37. The summed E-state index contributed by atoms with van der Waals surface area (Å²) in [6, 6.07) is 6.78. The lowest BCUT2D eigenvalue weighted by Gasteiger charge is -2.34. The van der Waals surface area contributed by atoms with Crippen molar-refractivity contribution in [1.29, 1.82) is 0 Å². The molecule has 1 aromatic carbocycles. The number of nitro benzene ring substituents is 1. The van der Waals surface area contributed by atoms with Crippen LogP contribution in [0.25, 0.3) is 0 Å². The van der Waals surface area contributed by atoms with Crippen LogP contribution in [0.1, 0.15) is 44.3 Å². The minimum Gasteiger partial charge on any atom is -0.387 e. The average Bonchev–Trinajstić information content (AvgIpc) is 2.48. The Bertz CT molecular complexity index is 484. The summed E-state index contributed by atoms with van der Waals surface area (Å²) in [5.74, 6) is 0.802. The van der Waals surface area contributed by atoms with Gasteiger partial charge in [0.2, 0.25) is 0 Å². The summed E-state index contributed by atoms with van der Waals surface area (Å²) in [5.41, 5.74) is 0.640. The standard InChI is InChI=1S/C16H24N2O3/c1-12-6-8-14(9-7-12)17(2)11-16(19)13-4-3-5-15(10-13)18(20)21/h3-5,10,12,14,16,19H,6-9,11H2,1-2H3. The van der Waals surface area contributed by atoms with E-state index < -0.39 is 11.0 Å². The Labute approximate surface area is 125 Å². The van der Waals surface area contributed by atoms with Crippen LogP contribution in [0.3, 0.4) is 0 Å². The highest BCUT2D eigenvalue weighted by molar-refractivity contribution is 5.35. The summed E-state index contributed by atoms with van der Waals surface area (Å²) in [7, 11) is 2.03. The van der Waals surface area contributed by atoms with Gasteiger partial charge in [0.05, 0.1) is 11.0 Å². The molecule has 0 saturated heterocycles. The molecule has 1 aromatic rings. The first kappa shape index (κ1) is 15.9. The topological polar surface area (TPSA) is 66.6 Å². The number of nitrogens with zero attached hydrogens (tertiary/aromatic N) is 2. The van der Waals surface area contributed by atoms with Crippen LogP contribution in [0.4, 0.5) is 5.69 Å². The minimum absolute atomic E-state index is 0.0284. The Morgan fingerprint density at radius 2 is 2.05 bits per heavy atom. The van der Waals surface area contributed by atoms with Crippen LogP contribution in [0, 0.1) is 16.0 Å². The van der Waals surface area contributed by atoms with Crippen molar-refractivity contribution in [2.45, 2.75) is 44.8 Å². The molecule has 0 heterocycles. The van der Waals surface area contributed by atoms with E-state index in [9.17, 15) is 15.2 Å². The molecule has 1 saturated carbocycles. The van der Waals surface area contributed by atoms with Gasteiger partial charge in [0.25, 0.3) is 5.69 Å². The van der Waals surface area contributed by atoms with E-state index >= 15 is 0 Å². The maximum Gasteiger partial charge on any atom is 0.269 e. The zero-order valence-electron chi connectivity index (χ0n) is 12.7. The number of nitro groups is 1. The molecule has 1 fully saturated rings. The highest BCUT2D eigenvalue weighted by atomic mass is 16.6. The van der Waals surface area contributed by atoms with Gasteiger partial charge < -0.3 is 10.0 Å². The second-order valence-electron chi connectivity index (χ2n) is 6.22. The van der Waals surface area contributed by atoms with Gasteiger partial charge in [0, 0.05) is 24.7 Å². The molecule has 1 atom stereocenters. The average molecular weight is 292 g/mol. The number of non-ortho nitro benzene ring substituents is 1. The van der Waals surface area contributed by atoms with Crippen LogP contribution in [0.5, 0.6) is 0 Å². The fourth-order valence-electron chi connectivity index (χ4n) is 3.06. The molecule has 116 valence electrons. The van der Waals surface area contributed by atoms with Gasteiger partial charge in [-0.2, -0.15) is 0 Å². The van der Waals surface area contributed by atoms with E-state index in [1.165, 1.54) is 37.8 Å². The van der Waals surface area contributed by atoms with Gasteiger partial charge in [-0.05, 0) is 44.2 Å². The number of benzene rings is 1. The van der Waals surface area contributed by atoms with Crippen molar-refractivity contribution in [2.24, 2.45) is 5.92 Å². The molecule has 1 aliphatic carbocycles. The van der Waals surface area contributed by atoms with Gasteiger partial charge in [0.15, 0.2) is 0 Å². The maximum absolute atomic E-state index is 10.8. The smallest absolute Gasteiger partial charge is 0.269 e. The van der Waals surface area contributed by atoms with E-state index in [0.717, 1.165) is 5.92 Å². The van der Waals surface area contributed by atoms with Crippen LogP contribution in [0.2, 0.25) is 0 Å². The molecule has 0 radical (unpaired) electrons. The van der Waals surface area contributed by atoms with Crippen molar-refractivity contribution in [3.63, 3.8) is 0 Å². The number of aliphatic hydroxyl groups is 1. The highest BCUT2D eigenvalue weighted by Crippen LogP contribution is 2.28. The molecular formula is C16H24N2O3. The summed E-state index contributed by atoms with van der Waals surface area (Å²) in [6.07, 6.45) is 4.12. The fourth-order valence-corrected chi connectivity index (χ4v) is 3.06. The molecule has 21 heavy (non-hydrogen) atoms. The lowest BCUT2D eigenvalue weighted by molar-refractivity contribution is -0.385. The monoisotopic (exact) mass is 292 g/mol. The van der Waals surface area contributed by atoms with Crippen LogP contribution in [0.15, 0.2) is 24.3 Å². The van der Waals surface area contributed by atoms with Crippen molar-refractivity contribution in [2.75, 3.05) is 13.6 Å². The quantitative estimate of drug-likeness (QED) is 0.669. The molecule has 0 aromatic heterocycles. The Morgan fingerprint density at radius 1 is 1.38 bits per heavy atom. The van der Waals surface area contributed by atoms with Crippen LogP contribution >= 0.6 is 0 Å². The maximum atomic E-state index is 10.8. The first-order valence-electron chi connectivity index (χ1n) is 7.60. The van der Waals surface area contributed by atoms with Crippen molar-refractivity contribution in [3.05, 3.63) is 39.9 Å². The van der Waals surface area contributed by atoms with Gasteiger partial charge in [0.1, 0.15) is 0 Å². The Balaban J connectivity index is 1.95. The van der Waals surface area contributed by atoms with Crippen LogP contribution < -0.4 is 0 Å². The summed E-state index contributed by atoms with van der Waals surface area (Å²) < 4.78 is 0. The van der Waals surface area contributed by atoms with Crippen molar-refractivity contribution >= 4 is 5.69 Å². The molecule has 1 unspecified atom stereocenters. The zero-order valence-corrected chi connectivity index (χ0v) is 12.7. The van der Waals surface area contributed by atoms with Gasteiger partial charge in [-0.25, -0.2) is 0 Å². The first-order valence-corrected chi connectivity index (χ1v) is 7.60. The van der Waals surface area contributed by atoms with Gasteiger partial charge in [-0.15, -0.1) is 0 Å².